The second kappa shape index (κ2) is 12.6. The van der Waals surface area contributed by atoms with E-state index in [1.807, 2.05) is 35.2 Å². The van der Waals surface area contributed by atoms with Crippen LogP contribution in [0, 0.1) is 11.3 Å². The highest BCUT2D eigenvalue weighted by atomic mass is 35.5. The highest BCUT2D eigenvalue weighted by Gasteiger charge is 2.60. The molecule has 4 atom stereocenters. The second-order valence-corrected chi connectivity index (χ2v) is 13.2. The van der Waals surface area contributed by atoms with Crippen LogP contribution in [-0.4, -0.2) is 102 Å². The number of hydrogen-bond acceptors (Lipinski definition) is 9. The molecule has 0 saturated carbocycles. The normalized spacial score (nSPS) is 24.7. The number of anilines is 2. The number of amides is 1. The maximum absolute atomic E-state index is 13.2. The first-order valence-corrected chi connectivity index (χ1v) is 16.4. The lowest BCUT2D eigenvalue weighted by Crippen LogP contribution is -2.57. The summed E-state index contributed by atoms with van der Waals surface area (Å²) in [5.74, 6) is 0.0687. The third-order valence-corrected chi connectivity index (χ3v) is 10.2. The minimum absolute atomic E-state index is 0.00803. The first-order valence-electron chi connectivity index (χ1n) is 16.0. The Balaban J connectivity index is 1.18. The van der Waals surface area contributed by atoms with Gasteiger partial charge in [0.05, 0.1) is 35.8 Å². The number of piperazine rings is 1. The largest absolute Gasteiger partial charge is 0.462 e. The summed E-state index contributed by atoms with van der Waals surface area (Å²) < 4.78 is 45.9. The molecule has 3 fully saturated rings. The average Bonchev–Trinajstić information content (AvgIpc) is 3.78. The van der Waals surface area contributed by atoms with Gasteiger partial charge in [-0.3, -0.25) is 10.1 Å². The third kappa shape index (κ3) is 6.26. The molecule has 3 saturated heterocycles. The van der Waals surface area contributed by atoms with Crippen LogP contribution >= 0.6 is 11.6 Å². The zero-order valence-electron chi connectivity index (χ0n) is 26.0. The van der Waals surface area contributed by atoms with E-state index in [9.17, 15) is 23.2 Å². The minimum Gasteiger partial charge on any atom is -0.462 e. The molecule has 5 heterocycles. The number of benzene rings is 2. The number of aromatic nitrogens is 2. The first kappa shape index (κ1) is 31.7. The number of nitrogens with one attached hydrogen (secondary N) is 1. The summed E-state index contributed by atoms with van der Waals surface area (Å²) in [6.45, 7) is 3.44. The number of rotatable bonds is 7. The van der Waals surface area contributed by atoms with Crippen LogP contribution in [0.1, 0.15) is 30.5 Å². The van der Waals surface area contributed by atoms with Crippen molar-refractivity contribution in [2.24, 2.45) is 0 Å². The lowest BCUT2D eigenvalue weighted by molar-refractivity contribution is -0.142. The smallest absolute Gasteiger partial charge is 0.405 e. The molecular formula is C33H36ClF3N8O2. The summed E-state index contributed by atoms with van der Waals surface area (Å²) in [5.41, 5.74) is 2.81. The van der Waals surface area contributed by atoms with E-state index in [-0.39, 0.29) is 31.6 Å². The monoisotopic (exact) mass is 668 g/mol. The van der Waals surface area contributed by atoms with Crippen molar-refractivity contribution in [3.63, 3.8) is 0 Å². The van der Waals surface area contributed by atoms with Crippen LogP contribution in [0.4, 0.5) is 24.7 Å². The van der Waals surface area contributed by atoms with Gasteiger partial charge in [0.2, 0.25) is 5.91 Å². The average molecular weight is 669 g/mol. The molecule has 1 aromatic heterocycles. The zero-order chi connectivity index (χ0) is 32.9. The van der Waals surface area contributed by atoms with Gasteiger partial charge < -0.3 is 24.3 Å². The second-order valence-electron chi connectivity index (χ2n) is 12.8. The SMILES string of the molecule is CN1CCC[C@H]1COc1nc2c(c(N3CCN(C(=O)[C@H]4N[C@H]4C(F)(F)F)[C@@H](CC#N)C3)n1)CCN(c1cccc3cccc(Cl)c13)C2. The fourth-order valence-electron chi connectivity index (χ4n) is 7.25. The number of nitriles is 1. The van der Waals surface area contributed by atoms with Crippen LogP contribution in [0.25, 0.3) is 10.8 Å². The highest BCUT2D eigenvalue weighted by Crippen LogP contribution is 2.38. The lowest BCUT2D eigenvalue weighted by atomic mass is 10.0. The minimum atomic E-state index is -4.50. The summed E-state index contributed by atoms with van der Waals surface area (Å²) in [6, 6.07) is 10.9. The molecule has 4 aliphatic rings. The topological polar surface area (TPSA) is 111 Å². The molecule has 0 aliphatic carbocycles. The van der Waals surface area contributed by atoms with E-state index < -0.39 is 30.2 Å². The third-order valence-electron chi connectivity index (χ3n) is 9.87. The fraction of sp³-hybridized carbons (Fsp3) is 0.515. The molecule has 0 unspecified atom stereocenters. The molecule has 3 aromatic rings. The molecule has 7 rings (SSSR count). The van der Waals surface area contributed by atoms with Gasteiger partial charge in [0.15, 0.2) is 0 Å². The number of carbonyl (C=O) groups excluding carboxylic acids is 1. The number of likely N-dealkylation sites (tertiary alicyclic amines) is 1. The summed E-state index contributed by atoms with van der Waals surface area (Å²) in [4.78, 5) is 30.9. The molecule has 2 aromatic carbocycles. The Labute approximate surface area is 276 Å². The van der Waals surface area contributed by atoms with Gasteiger partial charge in [-0.15, -0.1) is 0 Å². The van der Waals surface area contributed by atoms with Crippen molar-refractivity contribution < 1.29 is 22.7 Å². The van der Waals surface area contributed by atoms with Crippen molar-refractivity contribution >= 4 is 39.8 Å². The van der Waals surface area contributed by atoms with E-state index in [1.54, 1.807) is 0 Å². The number of ether oxygens (including phenoxy) is 1. The number of halogens is 4. The Morgan fingerprint density at radius 2 is 1.91 bits per heavy atom. The molecule has 248 valence electrons. The van der Waals surface area contributed by atoms with Gasteiger partial charge in [0.25, 0.3) is 0 Å². The number of nitrogens with zero attached hydrogens (tertiary/aromatic N) is 7. The van der Waals surface area contributed by atoms with Gasteiger partial charge in [-0.1, -0.05) is 35.9 Å². The van der Waals surface area contributed by atoms with E-state index >= 15 is 0 Å². The number of hydrogen-bond donors (Lipinski definition) is 1. The van der Waals surface area contributed by atoms with Crippen LogP contribution in [0.2, 0.25) is 5.02 Å². The Bertz CT molecular complexity index is 1710. The molecule has 0 spiro atoms. The van der Waals surface area contributed by atoms with E-state index in [0.717, 1.165) is 47.1 Å². The van der Waals surface area contributed by atoms with Crippen LogP contribution in [-0.2, 0) is 17.8 Å². The summed E-state index contributed by atoms with van der Waals surface area (Å²) in [6.07, 6.45) is -1.74. The van der Waals surface area contributed by atoms with Crippen molar-refractivity contribution in [1.29, 1.82) is 5.26 Å². The van der Waals surface area contributed by atoms with Crippen LogP contribution in [0.3, 0.4) is 0 Å². The Morgan fingerprint density at radius 3 is 2.64 bits per heavy atom. The van der Waals surface area contributed by atoms with Crippen molar-refractivity contribution in [1.82, 2.24) is 25.1 Å². The number of carbonyl (C=O) groups is 1. The van der Waals surface area contributed by atoms with E-state index in [1.165, 1.54) is 4.90 Å². The van der Waals surface area contributed by atoms with Crippen molar-refractivity contribution in [3.05, 3.63) is 52.7 Å². The number of fused-ring (bicyclic) bond motifs is 2. The van der Waals surface area contributed by atoms with Crippen LogP contribution in [0.5, 0.6) is 6.01 Å². The summed E-state index contributed by atoms with van der Waals surface area (Å²) in [7, 11) is 2.08. The Morgan fingerprint density at radius 1 is 1.11 bits per heavy atom. The predicted molar refractivity (Wildman–Crippen MR) is 172 cm³/mol. The fourth-order valence-corrected chi connectivity index (χ4v) is 7.53. The number of alkyl halides is 3. The van der Waals surface area contributed by atoms with Gasteiger partial charge in [-0.25, -0.2) is 0 Å². The predicted octanol–water partition coefficient (Wildman–Crippen LogP) is 4.15. The van der Waals surface area contributed by atoms with Gasteiger partial charge in [-0.2, -0.15) is 28.4 Å². The standard InChI is InChI=1S/C33H36ClF3N8O2/c1-42-13-4-7-22(42)19-47-32-39-25-18-43(26-9-3-6-20-5-2-8-24(34)27(20)26)14-11-23(25)30(41-32)44-15-16-45(21(17-44)10-12-38)31(46)28-29(40-28)33(35,36)37/h2-3,5-6,8-9,21-22,28-29,40H,4,7,10-11,13-19H2,1H3/t21-,22-,28-,29+/m0/s1. The molecule has 1 N–H and O–H groups in total. The maximum atomic E-state index is 13.2. The molecular weight excluding hydrogens is 633 g/mol. The first-order chi connectivity index (χ1) is 22.6. The lowest BCUT2D eigenvalue weighted by Gasteiger charge is -2.42. The quantitative estimate of drug-likeness (QED) is 0.371. The molecule has 14 heteroatoms. The van der Waals surface area contributed by atoms with Gasteiger partial charge in [0.1, 0.15) is 24.5 Å². The molecule has 0 bridgehead atoms. The molecule has 0 radical (unpaired) electrons. The Hall–Kier alpha value is -3.86. The van der Waals surface area contributed by atoms with E-state index in [4.69, 9.17) is 26.3 Å². The maximum Gasteiger partial charge on any atom is 0.405 e. The highest BCUT2D eigenvalue weighted by molar-refractivity contribution is 6.36. The molecule has 10 nitrogen and oxygen atoms in total. The van der Waals surface area contributed by atoms with Gasteiger partial charge in [0, 0.05) is 48.9 Å². The van der Waals surface area contributed by atoms with Crippen LogP contribution in [0.15, 0.2) is 36.4 Å². The zero-order valence-corrected chi connectivity index (χ0v) is 26.8. The van der Waals surface area contributed by atoms with Crippen LogP contribution < -0.4 is 19.9 Å². The van der Waals surface area contributed by atoms with Gasteiger partial charge >= 0.3 is 12.2 Å². The van der Waals surface area contributed by atoms with E-state index in [0.29, 0.717) is 43.5 Å². The molecule has 47 heavy (non-hydrogen) atoms. The van der Waals surface area contributed by atoms with E-state index in [2.05, 4.69) is 34.3 Å². The van der Waals surface area contributed by atoms with Crippen molar-refractivity contribution in [3.8, 4) is 12.1 Å². The summed E-state index contributed by atoms with van der Waals surface area (Å²) in [5, 5.41) is 14.6. The van der Waals surface area contributed by atoms with Crippen molar-refractivity contribution in [2.45, 2.75) is 62.6 Å². The Kier molecular flexibility index (Phi) is 8.53. The molecule has 4 aliphatic heterocycles. The summed E-state index contributed by atoms with van der Waals surface area (Å²) >= 11 is 6.68. The molecule has 1 amide bonds. The number of likely N-dealkylation sites (N-methyl/N-ethyl adjacent to an activating group) is 1. The van der Waals surface area contributed by atoms with Gasteiger partial charge in [-0.05, 0) is 50.4 Å². The van der Waals surface area contributed by atoms with Crippen molar-refractivity contribution in [2.75, 3.05) is 56.2 Å².